The number of hydrogen-bond acceptors (Lipinski definition) is 1. The topological polar surface area (TPSA) is 20.2 Å². The maximum atomic E-state index is 13.8. The Balaban J connectivity index is 1.94. The minimum Gasteiger partial charge on any atom is -0.392 e. The second-order valence-electron chi connectivity index (χ2n) is 6.39. The Morgan fingerprint density at radius 3 is 2.35 bits per heavy atom. The largest absolute Gasteiger partial charge is 0.392 e. The van der Waals surface area contributed by atoms with Crippen LogP contribution in [0.2, 0.25) is 5.02 Å². The summed E-state index contributed by atoms with van der Waals surface area (Å²) < 4.78 is 13.8. The van der Waals surface area contributed by atoms with Crippen LogP contribution >= 0.6 is 11.6 Å². The van der Waals surface area contributed by atoms with Gasteiger partial charge in [0.05, 0.1) is 6.10 Å². The summed E-state index contributed by atoms with van der Waals surface area (Å²) in [5.41, 5.74) is 0.452. The summed E-state index contributed by atoms with van der Waals surface area (Å²) in [6.45, 7) is 4.53. The molecule has 0 spiro atoms. The van der Waals surface area contributed by atoms with E-state index in [2.05, 4.69) is 13.8 Å². The molecule has 3 heteroatoms. The van der Waals surface area contributed by atoms with Crippen LogP contribution in [-0.4, -0.2) is 11.2 Å². The van der Waals surface area contributed by atoms with Crippen LogP contribution in [0.1, 0.15) is 45.1 Å². The Morgan fingerprint density at radius 1 is 1.20 bits per heavy atom. The van der Waals surface area contributed by atoms with Crippen molar-refractivity contribution in [2.45, 2.75) is 52.1 Å². The van der Waals surface area contributed by atoms with E-state index >= 15 is 0 Å². The van der Waals surface area contributed by atoms with Gasteiger partial charge < -0.3 is 5.11 Å². The van der Waals surface area contributed by atoms with Crippen LogP contribution in [-0.2, 0) is 6.42 Å². The lowest BCUT2D eigenvalue weighted by Crippen LogP contribution is -2.29. The van der Waals surface area contributed by atoms with Gasteiger partial charge in [-0.15, -0.1) is 0 Å². The van der Waals surface area contributed by atoms with Crippen LogP contribution in [0.5, 0.6) is 0 Å². The Kier molecular flexibility index (Phi) is 5.45. The quantitative estimate of drug-likeness (QED) is 0.843. The molecule has 1 aliphatic carbocycles. The molecule has 1 unspecified atom stereocenters. The number of hydrogen-bond donors (Lipinski definition) is 1. The van der Waals surface area contributed by atoms with Gasteiger partial charge in [-0.1, -0.05) is 31.5 Å². The standard InChI is InChI=1S/C17H24ClFO/c1-11(2)12-6-8-13(9-7-12)17(20)10-14-15(18)4-3-5-16(14)19/h3-5,11-13,17,20H,6-10H2,1-2H3. The lowest BCUT2D eigenvalue weighted by molar-refractivity contribution is 0.0669. The van der Waals surface area contributed by atoms with E-state index in [9.17, 15) is 9.50 Å². The van der Waals surface area contributed by atoms with Crippen molar-refractivity contribution in [3.8, 4) is 0 Å². The Hall–Kier alpha value is -0.600. The fourth-order valence-electron chi connectivity index (χ4n) is 3.30. The van der Waals surface area contributed by atoms with Crippen molar-refractivity contribution < 1.29 is 9.50 Å². The number of halogens is 2. The molecule has 1 aromatic carbocycles. The van der Waals surface area contributed by atoms with Crippen molar-refractivity contribution in [1.82, 2.24) is 0 Å². The molecule has 1 nitrogen and oxygen atoms in total. The molecule has 1 aliphatic rings. The first kappa shape index (κ1) is 15.8. The maximum absolute atomic E-state index is 13.8. The van der Waals surface area contributed by atoms with E-state index in [1.165, 1.54) is 18.9 Å². The van der Waals surface area contributed by atoms with Crippen molar-refractivity contribution in [3.05, 3.63) is 34.6 Å². The molecule has 20 heavy (non-hydrogen) atoms. The van der Waals surface area contributed by atoms with Crippen molar-refractivity contribution in [1.29, 1.82) is 0 Å². The third-order valence-electron chi connectivity index (χ3n) is 4.78. The zero-order valence-corrected chi connectivity index (χ0v) is 13.0. The molecule has 0 aromatic heterocycles. The predicted molar refractivity (Wildman–Crippen MR) is 81.4 cm³/mol. The Labute approximate surface area is 126 Å². The molecular weight excluding hydrogens is 275 g/mol. The average Bonchev–Trinajstić information content (AvgIpc) is 2.43. The second kappa shape index (κ2) is 6.91. The summed E-state index contributed by atoms with van der Waals surface area (Å²) in [5, 5.41) is 10.8. The highest BCUT2D eigenvalue weighted by atomic mass is 35.5. The summed E-state index contributed by atoms with van der Waals surface area (Å²) in [6, 6.07) is 4.69. The average molecular weight is 299 g/mol. The van der Waals surface area contributed by atoms with Crippen LogP contribution < -0.4 is 0 Å². The maximum Gasteiger partial charge on any atom is 0.127 e. The number of benzene rings is 1. The van der Waals surface area contributed by atoms with Gasteiger partial charge >= 0.3 is 0 Å². The van der Waals surface area contributed by atoms with Crippen LogP contribution in [0.3, 0.4) is 0 Å². The van der Waals surface area contributed by atoms with Gasteiger partial charge in [0.15, 0.2) is 0 Å². The number of aliphatic hydroxyl groups is 1. The summed E-state index contributed by atoms with van der Waals surface area (Å²) in [5.74, 6) is 1.46. The molecule has 1 fully saturated rings. The van der Waals surface area contributed by atoms with E-state index in [-0.39, 0.29) is 11.7 Å². The minimum absolute atomic E-state index is 0.278. The van der Waals surface area contributed by atoms with Gasteiger partial charge in [-0.3, -0.25) is 0 Å². The molecule has 0 heterocycles. The van der Waals surface area contributed by atoms with Crippen LogP contribution in [0, 0.1) is 23.6 Å². The Bertz CT molecular complexity index is 418. The van der Waals surface area contributed by atoms with Crippen molar-refractivity contribution >= 4 is 11.6 Å². The summed E-state index contributed by atoms with van der Waals surface area (Å²) in [7, 11) is 0. The molecule has 0 amide bonds. The van der Waals surface area contributed by atoms with Crippen LogP contribution in [0.4, 0.5) is 4.39 Å². The van der Waals surface area contributed by atoms with E-state index in [4.69, 9.17) is 11.6 Å². The molecule has 0 aliphatic heterocycles. The lowest BCUT2D eigenvalue weighted by Gasteiger charge is -2.33. The van der Waals surface area contributed by atoms with Crippen molar-refractivity contribution in [2.24, 2.45) is 17.8 Å². The molecule has 0 radical (unpaired) electrons. The van der Waals surface area contributed by atoms with Gasteiger partial charge in [-0.05, 0) is 55.6 Å². The first-order valence-corrected chi connectivity index (χ1v) is 7.97. The van der Waals surface area contributed by atoms with Gasteiger partial charge in [-0.2, -0.15) is 0 Å². The smallest absolute Gasteiger partial charge is 0.127 e. The van der Waals surface area contributed by atoms with E-state index in [0.29, 0.717) is 22.9 Å². The SMILES string of the molecule is CC(C)C1CCC(C(O)Cc2c(F)cccc2Cl)CC1. The summed E-state index contributed by atoms with van der Waals surface area (Å²) in [4.78, 5) is 0. The molecule has 0 saturated heterocycles. The predicted octanol–water partition coefficient (Wildman–Crippen LogP) is 4.84. The van der Waals surface area contributed by atoms with Crippen LogP contribution in [0.15, 0.2) is 18.2 Å². The van der Waals surface area contributed by atoms with Crippen LogP contribution in [0.25, 0.3) is 0 Å². The van der Waals surface area contributed by atoms with Gasteiger partial charge in [0, 0.05) is 17.0 Å². The van der Waals surface area contributed by atoms with Crippen molar-refractivity contribution in [2.75, 3.05) is 0 Å². The zero-order chi connectivity index (χ0) is 14.7. The van der Waals surface area contributed by atoms with Gasteiger partial charge in [-0.25, -0.2) is 4.39 Å². The fourth-order valence-corrected chi connectivity index (χ4v) is 3.54. The molecular formula is C17H24ClFO. The fraction of sp³-hybridized carbons (Fsp3) is 0.647. The highest BCUT2D eigenvalue weighted by Gasteiger charge is 2.28. The lowest BCUT2D eigenvalue weighted by atomic mass is 9.74. The number of rotatable bonds is 4. The van der Waals surface area contributed by atoms with Gasteiger partial charge in [0.2, 0.25) is 0 Å². The monoisotopic (exact) mass is 298 g/mol. The summed E-state index contributed by atoms with van der Waals surface area (Å²) >= 11 is 6.03. The van der Waals surface area contributed by atoms with E-state index in [1.807, 2.05) is 0 Å². The normalized spacial score (nSPS) is 24.9. The third kappa shape index (κ3) is 3.73. The highest BCUT2D eigenvalue weighted by Crippen LogP contribution is 2.36. The molecule has 1 atom stereocenters. The molecule has 112 valence electrons. The van der Waals surface area contributed by atoms with Gasteiger partial charge in [0.25, 0.3) is 0 Å². The molecule has 1 aromatic rings. The minimum atomic E-state index is -0.488. The molecule has 1 saturated carbocycles. The third-order valence-corrected chi connectivity index (χ3v) is 5.13. The second-order valence-corrected chi connectivity index (χ2v) is 6.80. The van der Waals surface area contributed by atoms with E-state index in [1.54, 1.807) is 12.1 Å². The molecule has 0 bridgehead atoms. The van der Waals surface area contributed by atoms with E-state index in [0.717, 1.165) is 18.8 Å². The van der Waals surface area contributed by atoms with Crippen molar-refractivity contribution in [3.63, 3.8) is 0 Å². The number of aliphatic hydroxyl groups excluding tert-OH is 1. The first-order valence-electron chi connectivity index (χ1n) is 7.60. The molecule has 1 N–H and O–H groups in total. The molecule has 2 rings (SSSR count). The zero-order valence-electron chi connectivity index (χ0n) is 12.3. The highest BCUT2D eigenvalue weighted by molar-refractivity contribution is 6.31. The van der Waals surface area contributed by atoms with E-state index < -0.39 is 6.10 Å². The summed E-state index contributed by atoms with van der Waals surface area (Å²) in [6.07, 6.45) is 4.25. The first-order chi connectivity index (χ1) is 9.49. The van der Waals surface area contributed by atoms with Gasteiger partial charge in [0.1, 0.15) is 5.82 Å². The Morgan fingerprint density at radius 2 is 1.80 bits per heavy atom.